The molecule has 8 nitrogen and oxygen atoms in total. The number of unbranched alkanes of at least 4 members (excludes halogenated alkanes) is 1. The molecule has 1 atom stereocenters. The monoisotopic (exact) mass is 299 g/mol. The van der Waals surface area contributed by atoms with Crippen LogP contribution in [-0.4, -0.2) is 38.1 Å². The third-order valence-corrected chi connectivity index (χ3v) is 3.45. The number of hydrogen-bond donors (Lipinski definition) is 1. The van der Waals surface area contributed by atoms with Crippen LogP contribution >= 0.6 is 0 Å². The number of rotatable bonds is 8. The maximum atomic E-state index is 12.3. The number of aliphatic hydroxyl groups excluding tert-OH is 1. The summed E-state index contributed by atoms with van der Waals surface area (Å²) in [5.41, 5.74) is -1.80. The van der Waals surface area contributed by atoms with Crippen LogP contribution in [0.25, 0.3) is 0 Å². The predicted octanol–water partition coefficient (Wildman–Crippen LogP) is -1.25. The number of nitrogens with zero attached hydrogens (tertiary/aromatic N) is 3. The molecule has 118 valence electrons. The van der Waals surface area contributed by atoms with E-state index in [1.807, 2.05) is 6.92 Å². The van der Waals surface area contributed by atoms with Gasteiger partial charge in [0.25, 0.3) is 0 Å². The molecule has 0 aliphatic carbocycles. The van der Waals surface area contributed by atoms with Crippen molar-refractivity contribution in [1.29, 1.82) is 0 Å². The van der Waals surface area contributed by atoms with Crippen molar-refractivity contribution in [2.45, 2.75) is 51.9 Å². The highest BCUT2D eigenvalue weighted by molar-refractivity contribution is 4.82. The third kappa shape index (κ3) is 3.51. The van der Waals surface area contributed by atoms with E-state index < -0.39 is 17.1 Å². The maximum absolute atomic E-state index is 12.3. The molecule has 1 unspecified atom stereocenters. The van der Waals surface area contributed by atoms with E-state index in [1.54, 1.807) is 0 Å². The molecule has 1 aliphatic heterocycles. The molecule has 1 saturated heterocycles. The van der Waals surface area contributed by atoms with Crippen LogP contribution in [0.4, 0.5) is 0 Å². The Balaban J connectivity index is 2.49. The Morgan fingerprint density at radius 2 is 1.57 bits per heavy atom. The summed E-state index contributed by atoms with van der Waals surface area (Å²) >= 11 is 0. The standard InChI is InChI=1S/C13H21N3O5/c1-2-3-5-14-11(18)15(6-4-7-17)13(20)16(12(14)19)8-10-9-21-10/h10,17H,2-9H2,1H3. The molecule has 0 saturated carbocycles. The van der Waals surface area contributed by atoms with Crippen LogP contribution in [0.1, 0.15) is 26.2 Å². The summed E-state index contributed by atoms with van der Waals surface area (Å²) in [5, 5.41) is 8.89. The average Bonchev–Trinajstić information content (AvgIpc) is 3.27. The van der Waals surface area contributed by atoms with E-state index in [4.69, 9.17) is 9.84 Å². The minimum Gasteiger partial charge on any atom is -0.396 e. The van der Waals surface area contributed by atoms with Gasteiger partial charge in [-0.15, -0.1) is 0 Å². The lowest BCUT2D eigenvalue weighted by molar-refractivity contribution is 0.273. The minimum absolute atomic E-state index is 0.103. The molecular weight excluding hydrogens is 278 g/mol. The van der Waals surface area contributed by atoms with Gasteiger partial charge in [0.1, 0.15) is 0 Å². The van der Waals surface area contributed by atoms with Crippen molar-refractivity contribution >= 4 is 0 Å². The Bertz CT molecular complexity index is 607. The molecule has 0 spiro atoms. The van der Waals surface area contributed by atoms with Gasteiger partial charge in [0.05, 0.1) is 19.3 Å². The second kappa shape index (κ2) is 6.86. The second-order valence-corrected chi connectivity index (χ2v) is 5.15. The van der Waals surface area contributed by atoms with Crippen LogP contribution < -0.4 is 17.1 Å². The van der Waals surface area contributed by atoms with Crippen molar-refractivity contribution in [2.75, 3.05) is 13.2 Å². The summed E-state index contributed by atoms with van der Waals surface area (Å²) in [6.45, 7) is 2.93. The number of aromatic nitrogens is 3. The fraction of sp³-hybridized carbons (Fsp3) is 0.769. The molecule has 1 aromatic rings. The number of epoxide rings is 1. The lowest BCUT2D eigenvalue weighted by Crippen LogP contribution is -2.55. The molecule has 21 heavy (non-hydrogen) atoms. The molecule has 1 aliphatic rings. The van der Waals surface area contributed by atoms with Crippen LogP contribution in [0.15, 0.2) is 14.4 Å². The van der Waals surface area contributed by atoms with Crippen LogP contribution in [0.3, 0.4) is 0 Å². The zero-order valence-corrected chi connectivity index (χ0v) is 12.2. The second-order valence-electron chi connectivity index (χ2n) is 5.15. The van der Waals surface area contributed by atoms with Crippen LogP contribution in [0, 0.1) is 0 Å². The number of ether oxygens (including phenoxy) is 1. The van der Waals surface area contributed by atoms with Gasteiger partial charge in [0, 0.05) is 19.7 Å². The largest absolute Gasteiger partial charge is 0.396 e. The highest BCUT2D eigenvalue weighted by atomic mass is 16.6. The fourth-order valence-electron chi connectivity index (χ4n) is 2.14. The summed E-state index contributed by atoms with van der Waals surface area (Å²) in [6, 6.07) is 0. The van der Waals surface area contributed by atoms with E-state index in [9.17, 15) is 14.4 Å². The van der Waals surface area contributed by atoms with Crippen molar-refractivity contribution in [3.05, 3.63) is 31.5 Å². The molecule has 2 rings (SSSR count). The Kier molecular flexibility index (Phi) is 5.13. The van der Waals surface area contributed by atoms with Crippen molar-refractivity contribution in [2.24, 2.45) is 0 Å². The molecule has 1 N–H and O–H groups in total. The molecule has 2 heterocycles. The first-order chi connectivity index (χ1) is 10.1. The molecular formula is C13H21N3O5. The Morgan fingerprint density at radius 3 is 2.05 bits per heavy atom. The summed E-state index contributed by atoms with van der Waals surface area (Å²) in [7, 11) is 0. The van der Waals surface area contributed by atoms with E-state index in [0.717, 1.165) is 20.1 Å². The normalized spacial score (nSPS) is 17.1. The van der Waals surface area contributed by atoms with Gasteiger partial charge in [-0.05, 0) is 12.8 Å². The van der Waals surface area contributed by atoms with Gasteiger partial charge in [-0.25, -0.2) is 28.1 Å². The van der Waals surface area contributed by atoms with Crippen LogP contribution in [-0.2, 0) is 24.4 Å². The highest BCUT2D eigenvalue weighted by Crippen LogP contribution is 2.08. The third-order valence-electron chi connectivity index (χ3n) is 3.45. The van der Waals surface area contributed by atoms with E-state index in [1.165, 1.54) is 0 Å². The molecule has 1 aromatic heterocycles. The summed E-state index contributed by atoms with van der Waals surface area (Å²) in [4.78, 5) is 36.9. The Morgan fingerprint density at radius 1 is 1.05 bits per heavy atom. The van der Waals surface area contributed by atoms with Crippen molar-refractivity contribution in [3.63, 3.8) is 0 Å². The first-order valence-corrected chi connectivity index (χ1v) is 7.27. The topological polar surface area (TPSA) is 98.8 Å². The molecule has 1 fully saturated rings. The zero-order chi connectivity index (χ0) is 15.4. The zero-order valence-electron chi connectivity index (χ0n) is 12.2. The summed E-state index contributed by atoms with van der Waals surface area (Å²) in [5.74, 6) is 0. The first-order valence-electron chi connectivity index (χ1n) is 7.27. The van der Waals surface area contributed by atoms with E-state index >= 15 is 0 Å². The smallest absolute Gasteiger partial charge is 0.336 e. The van der Waals surface area contributed by atoms with Crippen LogP contribution in [0.5, 0.6) is 0 Å². The number of hydrogen-bond acceptors (Lipinski definition) is 5. The quantitative estimate of drug-likeness (QED) is 0.605. The highest BCUT2D eigenvalue weighted by Gasteiger charge is 2.26. The molecule has 0 bridgehead atoms. The van der Waals surface area contributed by atoms with Crippen LogP contribution in [0.2, 0.25) is 0 Å². The molecule has 0 aromatic carbocycles. The van der Waals surface area contributed by atoms with Crippen molar-refractivity contribution < 1.29 is 9.84 Å². The van der Waals surface area contributed by atoms with Gasteiger partial charge in [0.15, 0.2) is 0 Å². The van der Waals surface area contributed by atoms with Gasteiger partial charge in [-0.2, -0.15) is 0 Å². The number of aliphatic hydroxyl groups is 1. The lowest BCUT2D eigenvalue weighted by atomic mass is 10.3. The maximum Gasteiger partial charge on any atom is 0.336 e. The molecule has 8 heteroatoms. The van der Waals surface area contributed by atoms with Crippen molar-refractivity contribution in [1.82, 2.24) is 13.7 Å². The van der Waals surface area contributed by atoms with Crippen molar-refractivity contribution in [3.8, 4) is 0 Å². The lowest BCUT2D eigenvalue weighted by Gasteiger charge is -2.12. The average molecular weight is 299 g/mol. The predicted molar refractivity (Wildman–Crippen MR) is 75.6 cm³/mol. The summed E-state index contributed by atoms with van der Waals surface area (Å²) in [6.07, 6.45) is 1.70. The fourth-order valence-corrected chi connectivity index (χ4v) is 2.14. The van der Waals surface area contributed by atoms with E-state index in [-0.39, 0.29) is 25.8 Å². The SMILES string of the molecule is CCCCn1c(=O)n(CCCO)c(=O)n(CC2CO2)c1=O. The molecule has 0 amide bonds. The van der Waals surface area contributed by atoms with Gasteiger partial charge in [0.2, 0.25) is 0 Å². The molecule has 0 radical (unpaired) electrons. The minimum atomic E-state index is -0.623. The first kappa shape index (κ1) is 15.7. The van der Waals surface area contributed by atoms with Gasteiger partial charge in [-0.3, -0.25) is 0 Å². The Hall–Kier alpha value is -1.67. The summed E-state index contributed by atoms with van der Waals surface area (Å²) < 4.78 is 8.25. The Labute approximate surface area is 121 Å². The van der Waals surface area contributed by atoms with Gasteiger partial charge < -0.3 is 9.84 Å². The van der Waals surface area contributed by atoms with Gasteiger partial charge in [-0.1, -0.05) is 13.3 Å². The van der Waals surface area contributed by atoms with E-state index in [0.29, 0.717) is 26.0 Å². The van der Waals surface area contributed by atoms with Gasteiger partial charge >= 0.3 is 17.1 Å². The van der Waals surface area contributed by atoms with E-state index in [2.05, 4.69) is 0 Å².